The largest absolute Gasteiger partial charge is 0.385 e. The lowest BCUT2D eigenvalue weighted by molar-refractivity contribution is 0.0955. The quantitative estimate of drug-likeness (QED) is 0.459. The number of aromatic nitrogens is 3. The second-order valence-electron chi connectivity index (χ2n) is 7.76. The van der Waals surface area contributed by atoms with Gasteiger partial charge in [0.15, 0.2) is 5.65 Å². The molecule has 0 bridgehead atoms. The number of fused-ring (bicyclic) bond motifs is 1. The first kappa shape index (κ1) is 22.3. The van der Waals surface area contributed by atoms with Crippen molar-refractivity contribution in [3.8, 4) is 0 Å². The van der Waals surface area contributed by atoms with Crippen molar-refractivity contribution in [2.45, 2.75) is 46.1 Å². The maximum absolute atomic E-state index is 13.0. The molecule has 8 heteroatoms. The molecule has 3 N–H and O–H groups in total. The van der Waals surface area contributed by atoms with Gasteiger partial charge in [-0.05, 0) is 37.0 Å². The second kappa shape index (κ2) is 10.1. The molecular formula is C23H29N5O3. The van der Waals surface area contributed by atoms with Gasteiger partial charge in [0, 0.05) is 31.0 Å². The van der Waals surface area contributed by atoms with Gasteiger partial charge < -0.3 is 10.6 Å². The number of pyridine rings is 1. The fourth-order valence-electron chi connectivity index (χ4n) is 3.37. The van der Waals surface area contributed by atoms with E-state index in [1.165, 1.54) is 4.57 Å². The summed E-state index contributed by atoms with van der Waals surface area (Å²) < 4.78 is 1.43. The molecule has 0 aliphatic carbocycles. The van der Waals surface area contributed by atoms with Crippen LogP contribution in [0.2, 0.25) is 0 Å². The molecule has 0 radical (unpaired) electrons. The molecule has 3 rings (SSSR count). The van der Waals surface area contributed by atoms with Crippen LogP contribution in [0.1, 0.15) is 55.6 Å². The highest BCUT2D eigenvalue weighted by Crippen LogP contribution is 2.20. The fourth-order valence-corrected chi connectivity index (χ4v) is 3.37. The van der Waals surface area contributed by atoms with E-state index in [1.807, 2.05) is 51.1 Å². The van der Waals surface area contributed by atoms with Gasteiger partial charge in [-0.2, -0.15) is 0 Å². The summed E-state index contributed by atoms with van der Waals surface area (Å²) in [4.78, 5) is 44.8. The molecule has 2 aromatic heterocycles. The van der Waals surface area contributed by atoms with E-state index in [0.29, 0.717) is 31.7 Å². The number of H-pyrrole nitrogens is 1. The summed E-state index contributed by atoms with van der Waals surface area (Å²) in [7, 11) is 0. The normalized spacial score (nSPS) is 11.1. The van der Waals surface area contributed by atoms with Gasteiger partial charge >= 0.3 is 5.69 Å². The van der Waals surface area contributed by atoms with E-state index in [0.717, 1.165) is 12.1 Å². The molecular weight excluding hydrogens is 394 g/mol. The van der Waals surface area contributed by atoms with Gasteiger partial charge in [0.25, 0.3) is 11.5 Å². The molecule has 0 aliphatic heterocycles. The number of amides is 1. The monoisotopic (exact) mass is 423 g/mol. The van der Waals surface area contributed by atoms with Crippen molar-refractivity contribution in [3.05, 3.63) is 68.5 Å². The van der Waals surface area contributed by atoms with E-state index < -0.39 is 11.2 Å². The molecule has 1 amide bonds. The van der Waals surface area contributed by atoms with Crippen LogP contribution in [0.5, 0.6) is 0 Å². The van der Waals surface area contributed by atoms with Gasteiger partial charge in [0.05, 0.1) is 10.9 Å². The van der Waals surface area contributed by atoms with Crippen LogP contribution in [0.4, 0.5) is 5.69 Å². The second-order valence-corrected chi connectivity index (χ2v) is 7.76. The summed E-state index contributed by atoms with van der Waals surface area (Å²) in [5.74, 6) is -0.309. The minimum absolute atomic E-state index is 0.0375. The topological polar surface area (TPSA) is 109 Å². The molecule has 0 atom stereocenters. The Morgan fingerprint density at radius 3 is 2.58 bits per heavy atom. The Balaban J connectivity index is 1.84. The van der Waals surface area contributed by atoms with Crippen molar-refractivity contribution < 1.29 is 4.79 Å². The summed E-state index contributed by atoms with van der Waals surface area (Å²) in [5.41, 5.74) is 1.10. The Bertz CT molecular complexity index is 1170. The van der Waals surface area contributed by atoms with Crippen molar-refractivity contribution in [3.63, 3.8) is 0 Å². The molecule has 0 saturated carbocycles. The zero-order valence-electron chi connectivity index (χ0n) is 18.2. The van der Waals surface area contributed by atoms with Crippen LogP contribution in [0.15, 0.2) is 46.0 Å². The van der Waals surface area contributed by atoms with E-state index in [1.54, 1.807) is 6.07 Å². The first-order valence-electron chi connectivity index (χ1n) is 10.7. The fraction of sp³-hybridized carbons (Fsp3) is 0.391. The van der Waals surface area contributed by atoms with Gasteiger partial charge in [0.1, 0.15) is 0 Å². The highest BCUT2D eigenvalue weighted by Gasteiger charge is 2.20. The van der Waals surface area contributed by atoms with Gasteiger partial charge in [-0.25, -0.2) is 9.78 Å². The average Bonchev–Trinajstić information content (AvgIpc) is 2.76. The zero-order valence-corrected chi connectivity index (χ0v) is 18.2. The number of nitrogens with zero attached hydrogens (tertiary/aromatic N) is 2. The van der Waals surface area contributed by atoms with Gasteiger partial charge in [-0.3, -0.25) is 19.1 Å². The standard InChI is InChI=1S/C23H29N5O3/c1-4-13-28-20-19(22(30)27-23(28)31)17(14-18(26-20)15(2)3)21(29)25-12-8-11-24-16-9-6-5-7-10-16/h5-7,9-10,14-15,24H,4,8,11-13H2,1-3H3,(H,25,29)(H,27,30,31). The minimum atomic E-state index is -0.592. The third-order valence-electron chi connectivity index (χ3n) is 4.99. The summed E-state index contributed by atoms with van der Waals surface area (Å²) in [6.07, 6.45) is 1.42. The SMILES string of the molecule is CCCn1c(=O)[nH]c(=O)c2c(C(=O)NCCCNc3ccccc3)cc(C(C)C)nc21. The summed E-state index contributed by atoms with van der Waals surface area (Å²) in [5, 5.41) is 6.33. The predicted octanol–water partition coefficient (Wildman–Crippen LogP) is 2.85. The Hall–Kier alpha value is -3.42. The first-order chi connectivity index (χ1) is 14.9. The van der Waals surface area contributed by atoms with E-state index >= 15 is 0 Å². The molecule has 8 nitrogen and oxygen atoms in total. The molecule has 1 aromatic carbocycles. The lowest BCUT2D eigenvalue weighted by atomic mass is 10.0. The lowest BCUT2D eigenvalue weighted by Gasteiger charge is -2.14. The number of carbonyl (C=O) groups excluding carboxylic acids is 1. The lowest BCUT2D eigenvalue weighted by Crippen LogP contribution is -2.34. The van der Waals surface area contributed by atoms with Crippen molar-refractivity contribution in [2.24, 2.45) is 0 Å². The average molecular weight is 424 g/mol. The van der Waals surface area contributed by atoms with Crippen molar-refractivity contribution in [1.29, 1.82) is 0 Å². The van der Waals surface area contributed by atoms with Crippen LogP contribution in [-0.4, -0.2) is 33.5 Å². The molecule has 0 fully saturated rings. The van der Waals surface area contributed by atoms with Crippen LogP contribution < -0.4 is 21.9 Å². The molecule has 3 aromatic rings. The Labute approximate surface area is 180 Å². The number of para-hydroxylation sites is 1. The smallest absolute Gasteiger partial charge is 0.329 e. The zero-order chi connectivity index (χ0) is 22.4. The third kappa shape index (κ3) is 5.20. The molecule has 0 saturated heterocycles. The highest BCUT2D eigenvalue weighted by molar-refractivity contribution is 6.05. The number of aryl methyl sites for hydroxylation is 1. The van der Waals surface area contributed by atoms with E-state index in [4.69, 9.17) is 0 Å². The van der Waals surface area contributed by atoms with Crippen molar-refractivity contribution >= 4 is 22.6 Å². The Morgan fingerprint density at radius 1 is 1.16 bits per heavy atom. The summed E-state index contributed by atoms with van der Waals surface area (Å²) >= 11 is 0. The number of benzene rings is 1. The van der Waals surface area contributed by atoms with Gasteiger partial charge in [0.2, 0.25) is 0 Å². The first-order valence-corrected chi connectivity index (χ1v) is 10.7. The number of aromatic amines is 1. The maximum Gasteiger partial charge on any atom is 0.329 e. The predicted molar refractivity (Wildman–Crippen MR) is 123 cm³/mol. The highest BCUT2D eigenvalue weighted by atomic mass is 16.2. The van der Waals surface area contributed by atoms with E-state index in [9.17, 15) is 14.4 Å². The molecule has 0 spiro atoms. The van der Waals surface area contributed by atoms with Crippen molar-refractivity contribution in [1.82, 2.24) is 19.9 Å². The van der Waals surface area contributed by atoms with Crippen molar-refractivity contribution in [2.75, 3.05) is 18.4 Å². The molecule has 0 aliphatic rings. The van der Waals surface area contributed by atoms with Crippen LogP contribution in [0, 0.1) is 0 Å². The number of nitrogens with one attached hydrogen (secondary N) is 3. The number of rotatable bonds is 9. The molecule has 164 valence electrons. The number of carbonyl (C=O) groups is 1. The van der Waals surface area contributed by atoms with Gasteiger partial charge in [-0.1, -0.05) is 39.0 Å². The van der Waals surface area contributed by atoms with Gasteiger partial charge in [-0.15, -0.1) is 0 Å². The minimum Gasteiger partial charge on any atom is -0.385 e. The number of hydrogen-bond donors (Lipinski definition) is 3. The molecule has 0 unspecified atom stereocenters. The summed E-state index contributed by atoms with van der Waals surface area (Å²) in [6, 6.07) is 11.5. The maximum atomic E-state index is 13.0. The van der Waals surface area contributed by atoms with E-state index in [-0.39, 0.29) is 28.4 Å². The molecule has 31 heavy (non-hydrogen) atoms. The van der Waals surface area contributed by atoms with Crippen LogP contribution in [-0.2, 0) is 6.54 Å². The van der Waals surface area contributed by atoms with Crippen LogP contribution in [0.25, 0.3) is 11.0 Å². The van der Waals surface area contributed by atoms with E-state index in [2.05, 4.69) is 20.6 Å². The number of hydrogen-bond acceptors (Lipinski definition) is 5. The Morgan fingerprint density at radius 2 is 1.90 bits per heavy atom. The third-order valence-corrected chi connectivity index (χ3v) is 4.99. The summed E-state index contributed by atoms with van der Waals surface area (Å²) in [6.45, 7) is 7.42. The van der Waals surface area contributed by atoms with Crippen LogP contribution >= 0.6 is 0 Å². The van der Waals surface area contributed by atoms with Crippen LogP contribution in [0.3, 0.4) is 0 Å². The Kier molecular flexibility index (Phi) is 7.23. The molecule has 2 heterocycles. The number of anilines is 1.